The maximum Gasteiger partial charge on any atom is 0.135 e. The first kappa shape index (κ1) is 61.8. The number of rotatable bonds is 13. The fraction of sp³-hybridized carbons (Fsp3) is 0.0732. The van der Waals surface area contributed by atoms with Gasteiger partial charge in [-0.25, -0.2) is 0 Å². The van der Waals surface area contributed by atoms with Gasteiger partial charge in [-0.2, -0.15) is 0 Å². The van der Waals surface area contributed by atoms with Gasteiger partial charge in [0, 0.05) is 39.5 Å². The second kappa shape index (κ2) is 31.4. The number of hydrogen-bond acceptors (Lipinski definition) is 6. The molecule has 6 heteroatoms. The van der Waals surface area contributed by atoms with E-state index in [1.807, 2.05) is 97.9 Å². The molecule has 13 rings (SSSR count). The van der Waals surface area contributed by atoms with Gasteiger partial charge in [-0.15, -0.1) is 0 Å². The molecule has 0 bridgehead atoms. The van der Waals surface area contributed by atoms with Crippen LogP contribution in [0.3, 0.4) is 0 Å². The molecule has 2 heterocycles. The molecule has 13 aromatic rings. The Morgan fingerprint density at radius 3 is 1.22 bits per heavy atom. The quantitative estimate of drug-likeness (QED) is 0.0851. The van der Waals surface area contributed by atoms with Crippen molar-refractivity contribution >= 4 is 55.3 Å². The van der Waals surface area contributed by atoms with Crippen molar-refractivity contribution in [1.29, 1.82) is 0 Å². The highest BCUT2D eigenvalue weighted by molar-refractivity contribution is 6.06. The molecule has 11 aromatic carbocycles. The molecule has 88 heavy (non-hydrogen) atoms. The van der Waals surface area contributed by atoms with Crippen molar-refractivity contribution in [2.45, 2.75) is 26.7 Å². The maximum atomic E-state index is 6.65. The molecule has 0 aliphatic heterocycles. The molecule has 0 saturated carbocycles. The molecule has 0 aliphatic carbocycles. The Morgan fingerprint density at radius 2 is 0.773 bits per heavy atom. The minimum Gasteiger partial charge on any atom is -0.456 e. The van der Waals surface area contributed by atoms with Crippen LogP contribution in [0.1, 0.15) is 34.7 Å². The monoisotopic (exact) mass is 1150 g/mol. The number of fused-ring (bicyclic) bond motifs is 6. The summed E-state index contributed by atoms with van der Waals surface area (Å²) in [5, 5.41) is 4.59. The Morgan fingerprint density at radius 1 is 0.386 bits per heavy atom. The molecule has 0 aliphatic rings. The highest BCUT2D eigenvalue weighted by Crippen LogP contribution is 2.34. The lowest BCUT2D eigenvalue weighted by atomic mass is 9.94. The van der Waals surface area contributed by atoms with Crippen LogP contribution in [-0.4, -0.2) is 13.6 Å². The molecular weight excluding hydrogens is 1070 g/mol. The summed E-state index contributed by atoms with van der Waals surface area (Å²) < 4.78 is 12.1. The maximum absolute atomic E-state index is 6.65. The minimum absolute atomic E-state index is 0.580. The van der Waals surface area contributed by atoms with Gasteiger partial charge in [0.05, 0.1) is 0 Å². The van der Waals surface area contributed by atoms with Crippen molar-refractivity contribution < 1.29 is 8.83 Å². The molecule has 0 radical (unpaired) electrons. The van der Waals surface area contributed by atoms with Crippen molar-refractivity contribution in [3.63, 3.8) is 0 Å². The summed E-state index contributed by atoms with van der Waals surface area (Å²) in [5.74, 6) is 0. The highest BCUT2D eigenvalue weighted by atomic mass is 16.3. The van der Waals surface area contributed by atoms with Crippen molar-refractivity contribution in [2.24, 2.45) is 22.9 Å². The van der Waals surface area contributed by atoms with Crippen LogP contribution in [0.5, 0.6) is 0 Å². The van der Waals surface area contributed by atoms with Crippen LogP contribution in [0.15, 0.2) is 330 Å². The third kappa shape index (κ3) is 16.4. The van der Waals surface area contributed by atoms with E-state index in [-0.39, 0.29) is 0 Å². The number of aryl methyl sites for hydroxylation is 1. The zero-order valence-electron chi connectivity index (χ0n) is 50.4. The summed E-state index contributed by atoms with van der Waals surface area (Å²) >= 11 is 0. The van der Waals surface area contributed by atoms with Crippen LogP contribution < -0.4 is 22.9 Å². The van der Waals surface area contributed by atoms with E-state index in [9.17, 15) is 0 Å². The van der Waals surface area contributed by atoms with Crippen molar-refractivity contribution in [3.05, 3.63) is 349 Å². The van der Waals surface area contributed by atoms with Gasteiger partial charge in [0.1, 0.15) is 22.3 Å². The molecule has 8 N–H and O–H groups in total. The van der Waals surface area contributed by atoms with Crippen LogP contribution in [0.2, 0.25) is 0 Å². The van der Waals surface area contributed by atoms with Crippen LogP contribution in [0, 0.1) is 6.92 Å². The van der Waals surface area contributed by atoms with Crippen molar-refractivity contribution in [1.82, 2.24) is 0 Å². The largest absolute Gasteiger partial charge is 0.456 e. The Balaban J connectivity index is 0.000000164. The van der Waals surface area contributed by atoms with E-state index in [1.54, 1.807) is 6.08 Å². The van der Waals surface area contributed by atoms with E-state index in [1.165, 1.54) is 51.6 Å². The topological polar surface area (TPSA) is 130 Å². The predicted molar refractivity (Wildman–Crippen MR) is 377 cm³/mol. The first-order valence-electron chi connectivity index (χ1n) is 29.7. The van der Waals surface area contributed by atoms with Gasteiger partial charge in [-0.05, 0) is 155 Å². The van der Waals surface area contributed by atoms with Crippen LogP contribution in [0.25, 0.3) is 99.8 Å². The Bertz CT molecular complexity index is 4420. The van der Waals surface area contributed by atoms with Crippen molar-refractivity contribution in [2.75, 3.05) is 13.6 Å². The molecule has 0 saturated heterocycles. The molecular formula is C82H76N4O2. The molecule has 0 unspecified atom stereocenters. The Labute approximate surface area is 518 Å². The third-order valence-corrected chi connectivity index (χ3v) is 14.9. The number of benzene rings is 11. The second-order valence-electron chi connectivity index (χ2n) is 21.0. The molecule has 6 nitrogen and oxygen atoms in total. The molecule has 0 amide bonds. The predicted octanol–water partition coefficient (Wildman–Crippen LogP) is 20.1. The van der Waals surface area contributed by atoms with Crippen LogP contribution >= 0.6 is 0 Å². The lowest BCUT2D eigenvalue weighted by Gasteiger charge is -2.11. The van der Waals surface area contributed by atoms with Gasteiger partial charge < -0.3 is 31.8 Å². The number of hydrogen-bond donors (Lipinski definition) is 4. The van der Waals surface area contributed by atoms with Gasteiger partial charge >= 0.3 is 0 Å². The summed E-state index contributed by atoms with van der Waals surface area (Å²) in [7, 11) is 1.50. The van der Waals surface area contributed by atoms with Gasteiger partial charge in [-0.1, -0.05) is 273 Å². The minimum atomic E-state index is 0.580. The van der Waals surface area contributed by atoms with E-state index in [0.29, 0.717) is 6.54 Å². The summed E-state index contributed by atoms with van der Waals surface area (Å²) in [6.45, 7) is 8.19. The molecule has 0 atom stereocenters. The average Bonchev–Trinajstić information content (AvgIpc) is 2.80. The van der Waals surface area contributed by atoms with Crippen molar-refractivity contribution in [3.8, 4) is 44.5 Å². The van der Waals surface area contributed by atoms with Gasteiger partial charge in [-0.3, -0.25) is 0 Å². The number of allylic oxidation sites excluding steroid dienone is 5. The molecule has 0 spiro atoms. The van der Waals surface area contributed by atoms with E-state index < -0.39 is 0 Å². The van der Waals surface area contributed by atoms with E-state index in [2.05, 4.69) is 232 Å². The Kier molecular flexibility index (Phi) is 22.0. The first-order valence-corrected chi connectivity index (χ1v) is 29.7. The van der Waals surface area contributed by atoms with E-state index in [4.69, 9.17) is 26.0 Å². The lowest BCUT2D eigenvalue weighted by molar-refractivity contribution is 0.668. The third-order valence-electron chi connectivity index (χ3n) is 14.9. The normalized spacial score (nSPS) is 11.4. The van der Waals surface area contributed by atoms with E-state index >= 15 is 0 Å². The van der Waals surface area contributed by atoms with Gasteiger partial charge in [0.25, 0.3) is 0 Å². The summed E-state index contributed by atoms with van der Waals surface area (Å²) in [4.78, 5) is 0. The summed E-state index contributed by atoms with van der Waals surface area (Å²) in [6, 6.07) is 94.4. The number of furan rings is 2. The summed E-state index contributed by atoms with van der Waals surface area (Å²) in [6.07, 6.45) is 13.2. The van der Waals surface area contributed by atoms with Gasteiger partial charge in [0.15, 0.2) is 0 Å². The zero-order chi connectivity index (χ0) is 61.5. The molecule has 0 fully saturated rings. The first-order chi connectivity index (χ1) is 43.2. The zero-order valence-corrected chi connectivity index (χ0v) is 50.4. The van der Waals surface area contributed by atoms with Gasteiger partial charge in [0.2, 0.25) is 0 Å². The molecule has 2 aromatic heterocycles. The fourth-order valence-electron chi connectivity index (χ4n) is 10.3. The van der Waals surface area contributed by atoms with Crippen LogP contribution in [0.4, 0.5) is 0 Å². The Hall–Kier alpha value is -10.8. The average molecular weight is 1150 g/mol. The number of para-hydroxylation sites is 2. The van der Waals surface area contributed by atoms with Crippen LogP contribution in [-0.2, 0) is 12.8 Å². The second-order valence-corrected chi connectivity index (χ2v) is 21.0. The lowest BCUT2D eigenvalue weighted by Crippen LogP contribution is -1.99. The fourth-order valence-corrected chi connectivity index (χ4v) is 10.3. The molecule has 436 valence electrons. The summed E-state index contributed by atoms with van der Waals surface area (Å²) in [5.41, 5.74) is 44.5. The smallest absolute Gasteiger partial charge is 0.135 e. The number of nitrogens with two attached hydrogens (primary N) is 4. The highest BCUT2D eigenvalue weighted by Gasteiger charge is 2.11. The van der Waals surface area contributed by atoms with E-state index in [0.717, 1.165) is 102 Å². The SMILES string of the molecule is C=C/C=C(\C=C/C)CN.CN.Cc1ccccc1.N/C(=C\Cc1ccc2c(c1)oc1ccccc12)c1cc(-c2ccccc2)cc(-c2ccccc2)c1.N/C(=C\Cc1ccc2c(c1)oc1ccccc12)c1cccc(-c2ccc(-c3ccccc3)cc2)c1. The standard InChI is InChI=1S/2C33H25NO.C8H13N.C7H8.CH5N/c34-31(18-16-23-15-17-30-29-13-7-8-14-32(29)35-33(30)19-23)28-21-26(24-9-3-1-4-10-24)20-27(22-28)25-11-5-2-6-12-25;34-31(20-14-23-13-19-30-29-11-4-5-12-32(29)35-33(30)21-23)28-10-6-9-27(22-28)26-17-15-25(16-18-26)24-7-2-1-3-8-24;1-3-5-8(7-9)6-4-2;1-7-5-3-2-4-6-7;1-2/h1-15,17-22H,16,34H2;1-13,15-22H,14,34H2;3-6H,1,7,9H2,2H3;2-6H,1H3;2H2,1H3/b31-18-;31-20-;6-4-,8-5+;;.